The fourth-order valence-electron chi connectivity index (χ4n) is 0.960. The molecule has 0 saturated heterocycles. The summed E-state index contributed by atoms with van der Waals surface area (Å²) in [5.74, 6) is 0.778. The van der Waals surface area contributed by atoms with E-state index in [1.165, 1.54) is 4.80 Å². The lowest BCUT2D eigenvalue weighted by atomic mass is 10.3. The molecule has 13 heavy (non-hydrogen) atoms. The Labute approximate surface area is 82.8 Å². The first-order valence-electron chi connectivity index (χ1n) is 3.68. The number of hydrogen-bond donors (Lipinski definition) is 0. The molecule has 2 aromatic rings. The minimum Gasteiger partial charge on any atom is -0.360 e. The van der Waals surface area contributed by atoms with Crippen LogP contribution in [0.5, 0.6) is 0 Å². The molecule has 0 aliphatic heterocycles. The predicted octanol–water partition coefficient (Wildman–Crippen LogP) is 1.36. The molecule has 68 valence electrons. The van der Waals surface area contributed by atoms with Crippen molar-refractivity contribution in [2.75, 3.05) is 0 Å². The molecule has 0 bridgehead atoms. The highest BCUT2D eigenvalue weighted by atomic mass is 79.9. The molecular weight excluding hydrogens is 236 g/mol. The van der Waals surface area contributed by atoms with Gasteiger partial charge in [0.2, 0.25) is 0 Å². The van der Waals surface area contributed by atoms with Gasteiger partial charge in [0.05, 0.1) is 11.5 Å². The SMILES string of the molecule is Cn1ncc(-c2cc(CBr)on2)n1. The maximum Gasteiger partial charge on any atom is 0.147 e. The van der Waals surface area contributed by atoms with Gasteiger partial charge in [0.25, 0.3) is 0 Å². The smallest absolute Gasteiger partial charge is 0.147 e. The summed E-state index contributed by atoms with van der Waals surface area (Å²) in [6, 6.07) is 1.83. The van der Waals surface area contributed by atoms with E-state index in [1.54, 1.807) is 13.2 Å². The fourth-order valence-corrected chi connectivity index (χ4v) is 1.22. The molecule has 5 nitrogen and oxygen atoms in total. The number of nitrogens with zero attached hydrogens (tertiary/aromatic N) is 4. The second-order valence-electron chi connectivity index (χ2n) is 2.53. The van der Waals surface area contributed by atoms with Crippen molar-refractivity contribution in [3.05, 3.63) is 18.0 Å². The Bertz CT molecular complexity index is 408. The van der Waals surface area contributed by atoms with Crippen LogP contribution in [0.4, 0.5) is 0 Å². The Balaban J connectivity index is 2.35. The average Bonchev–Trinajstić information content (AvgIpc) is 2.71. The molecule has 2 heterocycles. The summed E-state index contributed by atoms with van der Waals surface area (Å²) in [6.45, 7) is 0. The van der Waals surface area contributed by atoms with Crippen molar-refractivity contribution in [3.8, 4) is 11.4 Å². The summed E-state index contributed by atoms with van der Waals surface area (Å²) in [5.41, 5.74) is 1.43. The summed E-state index contributed by atoms with van der Waals surface area (Å²) in [6.07, 6.45) is 1.65. The second kappa shape index (κ2) is 3.29. The van der Waals surface area contributed by atoms with Crippen LogP contribution in [0.3, 0.4) is 0 Å². The van der Waals surface area contributed by atoms with Crippen LogP contribution in [-0.2, 0) is 12.4 Å². The van der Waals surface area contributed by atoms with Gasteiger partial charge in [-0.15, -0.1) is 0 Å². The van der Waals surface area contributed by atoms with Crippen LogP contribution in [-0.4, -0.2) is 20.2 Å². The second-order valence-corrected chi connectivity index (χ2v) is 3.09. The Morgan fingerprint density at radius 2 is 2.38 bits per heavy atom. The Morgan fingerprint density at radius 1 is 1.54 bits per heavy atom. The van der Waals surface area contributed by atoms with E-state index in [9.17, 15) is 0 Å². The first kappa shape index (κ1) is 8.43. The highest BCUT2D eigenvalue weighted by molar-refractivity contribution is 9.08. The molecule has 0 fully saturated rings. The molecule has 0 saturated carbocycles. The standard InChI is InChI=1S/C7H7BrN4O/c1-12-9-4-7(10-12)6-2-5(3-8)13-11-6/h2,4H,3H2,1H3. The molecule has 0 aromatic carbocycles. The van der Waals surface area contributed by atoms with Crippen molar-refractivity contribution in [2.45, 2.75) is 5.33 Å². The maximum atomic E-state index is 5.00. The minimum absolute atomic E-state index is 0.653. The molecule has 0 unspecified atom stereocenters. The third-order valence-electron chi connectivity index (χ3n) is 1.55. The van der Waals surface area contributed by atoms with Gasteiger partial charge >= 0.3 is 0 Å². The molecule has 2 rings (SSSR count). The maximum absolute atomic E-state index is 5.00. The molecule has 0 spiro atoms. The van der Waals surface area contributed by atoms with Gasteiger partial charge in [0, 0.05) is 13.1 Å². The van der Waals surface area contributed by atoms with Crippen molar-refractivity contribution in [2.24, 2.45) is 7.05 Å². The predicted molar refractivity (Wildman–Crippen MR) is 49.1 cm³/mol. The lowest BCUT2D eigenvalue weighted by Gasteiger charge is -1.82. The summed E-state index contributed by atoms with van der Waals surface area (Å²) in [7, 11) is 1.76. The first-order chi connectivity index (χ1) is 6.29. The van der Waals surface area contributed by atoms with E-state index < -0.39 is 0 Å². The molecule has 0 aliphatic rings. The van der Waals surface area contributed by atoms with Crippen molar-refractivity contribution < 1.29 is 4.52 Å². The highest BCUT2D eigenvalue weighted by Gasteiger charge is 2.08. The van der Waals surface area contributed by atoms with Gasteiger partial charge < -0.3 is 4.52 Å². The van der Waals surface area contributed by atoms with E-state index in [-0.39, 0.29) is 0 Å². The molecule has 0 aliphatic carbocycles. The van der Waals surface area contributed by atoms with Crippen LogP contribution in [0.15, 0.2) is 16.8 Å². The van der Waals surface area contributed by atoms with E-state index in [4.69, 9.17) is 4.52 Å². The van der Waals surface area contributed by atoms with Crippen LogP contribution >= 0.6 is 15.9 Å². The van der Waals surface area contributed by atoms with E-state index in [0.29, 0.717) is 11.0 Å². The van der Waals surface area contributed by atoms with Gasteiger partial charge in [0.1, 0.15) is 17.1 Å². The highest BCUT2D eigenvalue weighted by Crippen LogP contribution is 2.16. The van der Waals surface area contributed by atoms with E-state index in [0.717, 1.165) is 11.5 Å². The van der Waals surface area contributed by atoms with Crippen molar-refractivity contribution in [1.82, 2.24) is 20.2 Å². The van der Waals surface area contributed by atoms with E-state index in [1.807, 2.05) is 6.07 Å². The van der Waals surface area contributed by atoms with Gasteiger partial charge in [-0.3, -0.25) is 0 Å². The first-order valence-corrected chi connectivity index (χ1v) is 4.80. The average molecular weight is 243 g/mol. The topological polar surface area (TPSA) is 56.7 Å². The zero-order valence-corrected chi connectivity index (χ0v) is 8.52. The number of halogens is 1. The zero-order valence-electron chi connectivity index (χ0n) is 6.94. The number of rotatable bonds is 2. The van der Waals surface area contributed by atoms with Gasteiger partial charge in [-0.1, -0.05) is 21.1 Å². The third-order valence-corrected chi connectivity index (χ3v) is 2.11. The third kappa shape index (κ3) is 1.62. The lowest BCUT2D eigenvalue weighted by Crippen LogP contribution is -1.91. The number of aryl methyl sites for hydroxylation is 1. The van der Waals surface area contributed by atoms with Crippen molar-refractivity contribution >= 4 is 15.9 Å². The van der Waals surface area contributed by atoms with Crippen molar-refractivity contribution in [1.29, 1.82) is 0 Å². The van der Waals surface area contributed by atoms with Gasteiger partial charge in [-0.2, -0.15) is 15.0 Å². The minimum atomic E-state index is 0.653. The molecular formula is C7H7BrN4O. The summed E-state index contributed by atoms with van der Waals surface area (Å²) < 4.78 is 5.00. The van der Waals surface area contributed by atoms with Gasteiger partial charge in [-0.05, 0) is 0 Å². The molecule has 6 heteroatoms. The van der Waals surface area contributed by atoms with E-state index in [2.05, 4.69) is 31.3 Å². The quantitative estimate of drug-likeness (QED) is 0.747. The zero-order chi connectivity index (χ0) is 9.26. The van der Waals surface area contributed by atoms with E-state index >= 15 is 0 Å². The molecule has 2 aromatic heterocycles. The molecule has 0 atom stereocenters. The fraction of sp³-hybridized carbons (Fsp3) is 0.286. The van der Waals surface area contributed by atoms with Crippen LogP contribution in [0, 0.1) is 0 Å². The normalized spacial score (nSPS) is 10.6. The van der Waals surface area contributed by atoms with Gasteiger partial charge in [0.15, 0.2) is 0 Å². The number of aromatic nitrogens is 4. The largest absolute Gasteiger partial charge is 0.360 e. The van der Waals surface area contributed by atoms with Crippen LogP contribution in [0.1, 0.15) is 5.76 Å². The number of hydrogen-bond acceptors (Lipinski definition) is 4. The summed E-state index contributed by atoms with van der Waals surface area (Å²) in [5, 5.41) is 12.5. The molecule has 0 radical (unpaired) electrons. The molecule has 0 N–H and O–H groups in total. The summed E-state index contributed by atoms with van der Waals surface area (Å²) >= 11 is 3.27. The van der Waals surface area contributed by atoms with Crippen LogP contribution in [0.2, 0.25) is 0 Å². The van der Waals surface area contributed by atoms with Crippen LogP contribution < -0.4 is 0 Å². The Morgan fingerprint density at radius 3 is 2.92 bits per heavy atom. The van der Waals surface area contributed by atoms with Gasteiger partial charge in [-0.25, -0.2) is 0 Å². The number of alkyl halides is 1. The summed E-state index contributed by atoms with van der Waals surface area (Å²) in [4.78, 5) is 1.48. The van der Waals surface area contributed by atoms with Crippen LogP contribution in [0.25, 0.3) is 11.4 Å². The Kier molecular flexibility index (Phi) is 2.13. The Hall–Kier alpha value is -1.17. The monoisotopic (exact) mass is 242 g/mol. The van der Waals surface area contributed by atoms with Crippen molar-refractivity contribution in [3.63, 3.8) is 0 Å². The lowest BCUT2D eigenvalue weighted by molar-refractivity contribution is 0.397. The molecule has 0 amide bonds.